The number of rotatable bonds is 5. The fourth-order valence-electron chi connectivity index (χ4n) is 3.26. The monoisotopic (exact) mass is 450 g/mol. The minimum Gasteiger partial charge on any atom is -0.445 e. The number of halogens is 1. The Morgan fingerprint density at radius 3 is 2.87 bits per heavy atom. The number of anilines is 3. The van der Waals surface area contributed by atoms with Crippen LogP contribution in [0.25, 0.3) is 22.0 Å². The maximum absolute atomic E-state index is 11.6. The second-order valence-electron chi connectivity index (χ2n) is 6.82. The molecule has 4 aromatic rings. The number of oxazole rings is 1. The Labute approximate surface area is 186 Å². The van der Waals surface area contributed by atoms with Crippen molar-refractivity contribution in [2.75, 3.05) is 10.6 Å². The van der Waals surface area contributed by atoms with Crippen molar-refractivity contribution in [2.45, 2.75) is 13.5 Å². The van der Waals surface area contributed by atoms with Gasteiger partial charge in [0.25, 0.3) is 0 Å². The quantitative estimate of drug-likeness (QED) is 0.435. The van der Waals surface area contributed by atoms with Crippen LogP contribution in [0.5, 0.6) is 0 Å². The fraction of sp³-hybridized carbons (Fsp3) is 0.0952. The van der Waals surface area contributed by atoms with E-state index in [0.29, 0.717) is 33.3 Å². The van der Waals surface area contributed by atoms with Gasteiger partial charge in [-0.15, -0.1) is 10.2 Å². The highest BCUT2D eigenvalue weighted by Gasteiger charge is 2.16. The summed E-state index contributed by atoms with van der Waals surface area (Å²) in [6.45, 7) is 2.10. The van der Waals surface area contributed by atoms with E-state index in [1.165, 1.54) is 24.5 Å². The molecule has 8 nitrogen and oxygen atoms in total. The number of amides is 1. The van der Waals surface area contributed by atoms with Crippen LogP contribution in [0.2, 0.25) is 5.02 Å². The molecular formula is C21H15ClN6O2S. The Balaban J connectivity index is 1.47. The molecule has 154 valence electrons. The predicted molar refractivity (Wildman–Crippen MR) is 121 cm³/mol. The average Bonchev–Trinajstić information content (AvgIpc) is 3.51. The smallest absolute Gasteiger partial charge is 0.225 e. The highest BCUT2D eigenvalue weighted by atomic mass is 35.5. The molecule has 0 atom stereocenters. The van der Waals surface area contributed by atoms with Crippen molar-refractivity contribution in [2.24, 2.45) is 4.99 Å². The van der Waals surface area contributed by atoms with Crippen molar-refractivity contribution in [1.29, 1.82) is 0 Å². The number of fused-ring (bicyclic) bond motifs is 1. The zero-order valence-corrected chi connectivity index (χ0v) is 17.8. The highest BCUT2D eigenvalue weighted by molar-refractivity contribution is 7.18. The zero-order valence-electron chi connectivity index (χ0n) is 16.2. The second-order valence-corrected chi connectivity index (χ2v) is 8.18. The van der Waals surface area contributed by atoms with Crippen LogP contribution in [-0.2, 0) is 11.3 Å². The summed E-state index contributed by atoms with van der Waals surface area (Å²) in [6, 6.07) is 9.42. The van der Waals surface area contributed by atoms with Crippen LogP contribution in [0.3, 0.4) is 0 Å². The first-order valence-corrected chi connectivity index (χ1v) is 10.5. The Morgan fingerprint density at radius 1 is 1.19 bits per heavy atom. The Morgan fingerprint density at radius 2 is 2.06 bits per heavy atom. The largest absolute Gasteiger partial charge is 0.445 e. The van der Waals surface area contributed by atoms with E-state index in [4.69, 9.17) is 16.0 Å². The Kier molecular flexibility index (Phi) is 4.97. The molecule has 31 heavy (non-hydrogen) atoms. The summed E-state index contributed by atoms with van der Waals surface area (Å²) in [5, 5.41) is 16.4. The number of hydrogen-bond acceptors (Lipinski definition) is 8. The number of carbonyl (C=O) groups is 1. The molecule has 0 saturated carbocycles. The second kappa shape index (κ2) is 7.93. The topological polar surface area (TPSA) is 105 Å². The molecule has 0 spiro atoms. The molecule has 0 bridgehead atoms. The molecule has 2 aromatic heterocycles. The third-order valence-electron chi connectivity index (χ3n) is 4.60. The molecule has 1 aliphatic rings. The summed E-state index contributed by atoms with van der Waals surface area (Å²) in [4.78, 5) is 20.0. The van der Waals surface area contributed by atoms with Crippen molar-refractivity contribution in [1.82, 2.24) is 15.2 Å². The van der Waals surface area contributed by atoms with E-state index >= 15 is 0 Å². The number of benzene rings is 2. The summed E-state index contributed by atoms with van der Waals surface area (Å²) < 4.78 is 5.41. The standard InChI is InChI=1S/C21H15ClN6O2S/c1-11(29)25-15-7-13(19-24-4-5-30-19)6-14(8-15)20-27-28-21(31-20)26-17-3-2-12-9-23-10-16(12)18(17)22/h2-8,10H,9H2,1H3,(H,25,29)(H,26,28). The lowest BCUT2D eigenvalue weighted by Crippen LogP contribution is -2.05. The van der Waals surface area contributed by atoms with Gasteiger partial charge in [-0.3, -0.25) is 9.79 Å². The van der Waals surface area contributed by atoms with Gasteiger partial charge < -0.3 is 15.1 Å². The number of hydrogen-bond donors (Lipinski definition) is 2. The van der Waals surface area contributed by atoms with Crippen LogP contribution in [0.15, 0.2) is 52.2 Å². The van der Waals surface area contributed by atoms with E-state index in [0.717, 1.165) is 27.9 Å². The van der Waals surface area contributed by atoms with E-state index in [1.54, 1.807) is 18.5 Å². The van der Waals surface area contributed by atoms with Gasteiger partial charge in [-0.05, 0) is 29.8 Å². The Bertz CT molecular complexity index is 1320. The van der Waals surface area contributed by atoms with Gasteiger partial charge >= 0.3 is 0 Å². The molecular weight excluding hydrogens is 436 g/mol. The van der Waals surface area contributed by atoms with Crippen molar-refractivity contribution in [3.05, 3.63) is 58.9 Å². The zero-order chi connectivity index (χ0) is 21.4. The van der Waals surface area contributed by atoms with Gasteiger partial charge in [-0.25, -0.2) is 4.98 Å². The van der Waals surface area contributed by atoms with E-state index < -0.39 is 0 Å². The molecule has 10 heteroatoms. The molecule has 2 N–H and O–H groups in total. The molecule has 1 aliphatic heterocycles. The van der Waals surface area contributed by atoms with Gasteiger partial charge in [0.15, 0.2) is 0 Å². The SMILES string of the molecule is CC(=O)Nc1cc(-c2ncco2)cc(-c2nnc(Nc3ccc4c(c3Cl)C=NC4)s2)c1. The van der Waals surface area contributed by atoms with Crippen molar-refractivity contribution in [3.8, 4) is 22.0 Å². The lowest BCUT2D eigenvalue weighted by molar-refractivity contribution is -0.114. The molecule has 0 radical (unpaired) electrons. The summed E-state index contributed by atoms with van der Waals surface area (Å²) >= 11 is 7.89. The Hall–Kier alpha value is -3.56. The first-order valence-electron chi connectivity index (χ1n) is 9.31. The van der Waals surface area contributed by atoms with Crippen molar-refractivity contribution < 1.29 is 9.21 Å². The molecule has 1 amide bonds. The third kappa shape index (κ3) is 3.92. The van der Waals surface area contributed by atoms with Gasteiger partial charge in [-0.1, -0.05) is 29.0 Å². The number of nitrogens with zero attached hydrogens (tertiary/aromatic N) is 4. The first kappa shape index (κ1) is 19.4. The summed E-state index contributed by atoms with van der Waals surface area (Å²) in [5.41, 5.74) is 4.87. The van der Waals surface area contributed by atoms with Crippen molar-refractivity contribution in [3.63, 3.8) is 0 Å². The molecule has 0 saturated heterocycles. The molecule has 2 aromatic carbocycles. The summed E-state index contributed by atoms with van der Waals surface area (Å²) in [6.07, 6.45) is 4.85. The molecule has 0 aliphatic carbocycles. The molecule has 0 unspecified atom stereocenters. The van der Waals surface area contributed by atoms with Crippen LogP contribution >= 0.6 is 22.9 Å². The minimum atomic E-state index is -0.176. The van der Waals surface area contributed by atoms with E-state index in [2.05, 4.69) is 30.8 Å². The van der Waals surface area contributed by atoms with Gasteiger partial charge in [-0.2, -0.15) is 0 Å². The van der Waals surface area contributed by atoms with Crippen LogP contribution in [0, 0.1) is 0 Å². The van der Waals surface area contributed by atoms with E-state index in [9.17, 15) is 4.79 Å². The normalized spacial score (nSPS) is 12.1. The molecule has 3 heterocycles. The van der Waals surface area contributed by atoms with Crippen LogP contribution < -0.4 is 10.6 Å². The maximum Gasteiger partial charge on any atom is 0.225 e. The summed E-state index contributed by atoms with van der Waals surface area (Å²) in [5.74, 6) is 0.271. The van der Waals surface area contributed by atoms with Crippen LogP contribution in [0.4, 0.5) is 16.5 Å². The summed E-state index contributed by atoms with van der Waals surface area (Å²) in [7, 11) is 0. The van der Waals surface area contributed by atoms with Gasteiger partial charge in [0.2, 0.25) is 16.9 Å². The van der Waals surface area contributed by atoms with Crippen LogP contribution in [-0.4, -0.2) is 27.3 Å². The van der Waals surface area contributed by atoms with E-state index in [1.807, 2.05) is 24.3 Å². The molecule has 5 rings (SSSR count). The van der Waals surface area contributed by atoms with E-state index in [-0.39, 0.29) is 5.91 Å². The number of aliphatic imine (C=N–C) groups is 1. The number of carbonyl (C=O) groups excluding carboxylic acids is 1. The lowest BCUT2D eigenvalue weighted by atomic mass is 10.1. The predicted octanol–water partition coefficient (Wildman–Crippen LogP) is 5.15. The maximum atomic E-state index is 11.6. The number of aromatic nitrogens is 3. The minimum absolute atomic E-state index is 0.176. The number of nitrogens with one attached hydrogen (secondary N) is 2. The fourth-order valence-corrected chi connectivity index (χ4v) is 4.29. The third-order valence-corrected chi connectivity index (χ3v) is 5.89. The molecule has 0 fully saturated rings. The highest BCUT2D eigenvalue weighted by Crippen LogP contribution is 2.36. The van der Waals surface area contributed by atoms with Gasteiger partial charge in [0, 0.05) is 35.5 Å². The van der Waals surface area contributed by atoms with Crippen molar-refractivity contribution >= 4 is 51.6 Å². The first-order chi connectivity index (χ1) is 15.1. The lowest BCUT2D eigenvalue weighted by Gasteiger charge is -2.08. The van der Waals surface area contributed by atoms with Gasteiger partial charge in [0.1, 0.15) is 11.3 Å². The average molecular weight is 451 g/mol. The van der Waals surface area contributed by atoms with Crippen LogP contribution in [0.1, 0.15) is 18.1 Å². The van der Waals surface area contributed by atoms with Gasteiger partial charge in [0.05, 0.1) is 23.5 Å².